The molecule has 1 saturated heterocycles. The number of thiazole rings is 1. The standard InChI is InChI=1S/C28H34N6OS/c1-20-23(28(35)33-12-5-4-8-26(33)30-20)11-15-32-13-9-21(10-14-32)16-27-31-24-6-2-3-7-25(24)34(27)17-22-18-36-19-29-22/h2-3,6-7,18-19,21H,4-5,8-17H2,1H3. The molecular formula is C28H34N6OS. The zero-order valence-electron chi connectivity index (χ0n) is 21.0. The molecule has 0 bridgehead atoms. The Morgan fingerprint density at radius 2 is 1.94 bits per heavy atom. The van der Waals surface area contributed by atoms with Gasteiger partial charge in [0.15, 0.2) is 0 Å². The lowest BCUT2D eigenvalue weighted by Crippen LogP contribution is -2.38. The SMILES string of the molecule is Cc1nc2n(c(=O)c1CCN1CCC(Cc3nc4ccccc4n3Cc3cscn3)CC1)CCCC2. The normalized spacial score (nSPS) is 17.0. The van der Waals surface area contributed by atoms with Crippen LogP contribution in [0.5, 0.6) is 0 Å². The van der Waals surface area contributed by atoms with Gasteiger partial charge in [-0.2, -0.15) is 0 Å². The number of piperidine rings is 1. The van der Waals surface area contributed by atoms with E-state index in [1.807, 2.05) is 17.0 Å². The second-order valence-electron chi connectivity index (χ2n) is 10.3. The Hall–Kier alpha value is -2.84. The second-order valence-corrected chi connectivity index (χ2v) is 11.0. The van der Waals surface area contributed by atoms with E-state index in [1.165, 1.54) is 24.2 Å². The van der Waals surface area contributed by atoms with E-state index in [0.717, 1.165) is 93.1 Å². The Morgan fingerprint density at radius 1 is 1.08 bits per heavy atom. The topological polar surface area (TPSA) is 68.8 Å². The molecule has 7 nitrogen and oxygen atoms in total. The van der Waals surface area contributed by atoms with Crippen molar-refractivity contribution in [1.82, 2.24) is 29.0 Å². The Bertz CT molecular complexity index is 1400. The molecule has 3 aromatic heterocycles. The van der Waals surface area contributed by atoms with Gasteiger partial charge in [-0.05, 0) is 70.2 Å². The summed E-state index contributed by atoms with van der Waals surface area (Å²) >= 11 is 1.64. The molecule has 4 aromatic rings. The predicted molar refractivity (Wildman–Crippen MR) is 144 cm³/mol. The number of hydrogen-bond donors (Lipinski definition) is 0. The Labute approximate surface area is 215 Å². The molecule has 6 rings (SSSR count). The van der Waals surface area contributed by atoms with Gasteiger partial charge in [0.1, 0.15) is 11.6 Å². The highest BCUT2D eigenvalue weighted by molar-refractivity contribution is 7.07. The maximum Gasteiger partial charge on any atom is 0.256 e. The number of nitrogens with zero attached hydrogens (tertiary/aromatic N) is 6. The molecule has 1 fully saturated rings. The second kappa shape index (κ2) is 10.3. The highest BCUT2D eigenvalue weighted by Gasteiger charge is 2.23. The molecule has 2 aliphatic rings. The van der Waals surface area contributed by atoms with Crippen LogP contribution in [0, 0.1) is 12.8 Å². The minimum absolute atomic E-state index is 0.200. The fourth-order valence-corrected chi connectivity index (χ4v) is 6.45. The van der Waals surface area contributed by atoms with E-state index in [0.29, 0.717) is 5.92 Å². The van der Waals surface area contributed by atoms with Gasteiger partial charge in [-0.1, -0.05) is 12.1 Å². The lowest BCUT2D eigenvalue weighted by atomic mass is 9.93. The molecule has 5 heterocycles. The third-order valence-corrected chi connectivity index (χ3v) is 8.61. The van der Waals surface area contributed by atoms with Crippen molar-refractivity contribution in [3.8, 4) is 0 Å². The van der Waals surface area contributed by atoms with Gasteiger partial charge in [0.05, 0.1) is 28.8 Å². The highest BCUT2D eigenvalue weighted by Crippen LogP contribution is 2.25. The van der Waals surface area contributed by atoms with Crippen molar-refractivity contribution in [2.45, 2.75) is 65.0 Å². The van der Waals surface area contributed by atoms with E-state index in [9.17, 15) is 4.79 Å². The summed E-state index contributed by atoms with van der Waals surface area (Å²) in [4.78, 5) is 29.9. The van der Waals surface area contributed by atoms with Crippen LogP contribution in [-0.2, 0) is 32.4 Å². The fraction of sp³-hybridized carbons (Fsp3) is 0.500. The predicted octanol–water partition coefficient (Wildman–Crippen LogP) is 4.24. The molecule has 2 aliphatic heterocycles. The summed E-state index contributed by atoms with van der Waals surface area (Å²) in [7, 11) is 0. The molecule has 188 valence electrons. The van der Waals surface area contributed by atoms with Gasteiger partial charge < -0.3 is 9.47 Å². The maximum atomic E-state index is 13.1. The van der Waals surface area contributed by atoms with Crippen LogP contribution in [0.4, 0.5) is 0 Å². The van der Waals surface area contributed by atoms with Gasteiger partial charge in [0.2, 0.25) is 0 Å². The first kappa shape index (κ1) is 23.6. The number of para-hydroxylation sites is 2. The average Bonchev–Trinajstić information content (AvgIpc) is 3.53. The molecule has 0 aliphatic carbocycles. The molecule has 0 spiro atoms. The van der Waals surface area contributed by atoms with Crippen LogP contribution in [0.2, 0.25) is 0 Å². The van der Waals surface area contributed by atoms with Gasteiger partial charge in [0.25, 0.3) is 5.56 Å². The summed E-state index contributed by atoms with van der Waals surface area (Å²) in [5.41, 5.74) is 7.31. The summed E-state index contributed by atoms with van der Waals surface area (Å²) in [6.07, 6.45) is 7.29. The van der Waals surface area contributed by atoms with E-state index in [4.69, 9.17) is 9.97 Å². The molecular weight excluding hydrogens is 468 g/mol. The first-order valence-corrected chi connectivity index (χ1v) is 14.2. The van der Waals surface area contributed by atoms with Crippen LogP contribution in [0.25, 0.3) is 11.0 Å². The highest BCUT2D eigenvalue weighted by atomic mass is 32.1. The molecule has 1 aromatic carbocycles. The molecule has 36 heavy (non-hydrogen) atoms. The number of hydrogen-bond acceptors (Lipinski definition) is 6. The largest absolute Gasteiger partial charge is 0.322 e. The van der Waals surface area contributed by atoms with Crippen LogP contribution in [0.15, 0.2) is 40.0 Å². The third-order valence-electron chi connectivity index (χ3n) is 7.97. The smallest absolute Gasteiger partial charge is 0.256 e. The summed E-state index contributed by atoms with van der Waals surface area (Å²) in [6.45, 7) is 6.71. The van der Waals surface area contributed by atoms with Crippen LogP contribution in [-0.4, -0.2) is 48.6 Å². The molecule has 0 N–H and O–H groups in total. The lowest BCUT2D eigenvalue weighted by molar-refractivity contribution is 0.184. The number of benzene rings is 1. The number of imidazole rings is 1. The van der Waals surface area contributed by atoms with Gasteiger partial charge in [0, 0.05) is 42.6 Å². The molecule has 0 amide bonds. The van der Waals surface area contributed by atoms with Crippen molar-refractivity contribution < 1.29 is 0 Å². The molecule has 0 saturated carbocycles. The van der Waals surface area contributed by atoms with Crippen LogP contribution in [0.1, 0.15) is 54.3 Å². The van der Waals surface area contributed by atoms with E-state index < -0.39 is 0 Å². The van der Waals surface area contributed by atoms with Crippen molar-refractivity contribution in [2.24, 2.45) is 5.92 Å². The maximum absolute atomic E-state index is 13.1. The molecule has 0 atom stereocenters. The van der Waals surface area contributed by atoms with Crippen LogP contribution < -0.4 is 5.56 Å². The Morgan fingerprint density at radius 3 is 2.78 bits per heavy atom. The lowest BCUT2D eigenvalue weighted by Gasteiger charge is -2.32. The van der Waals surface area contributed by atoms with E-state index in [-0.39, 0.29) is 5.56 Å². The quantitative estimate of drug-likeness (QED) is 0.378. The number of aromatic nitrogens is 5. The monoisotopic (exact) mass is 502 g/mol. The minimum Gasteiger partial charge on any atom is -0.322 e. The third kappa shape index (κ3) is 4.76. The van der Waals surface area contributed by atoms with Gasteiger partial charge in [-0.15, -0.1) is 11.3 Å². The molecule has 8 heteroatoms. The van der Waals surface area contributed by atoms with Crippen LogP contribution >= 0.6 is 11.3 Å². The van der Waals surface area contributed by atoms with E-state index >= 15 is 0 Å². The number of likely N-dealkylation sites (tertiary alicyclic amines) is 1. The Balaban J connectivity index is 1.09. The zero-order valence-corrected chi connectivity index (χ0v) is 21.8. The van der Waals surface area contributed by atoms with Gasteiger partial charge >= 0.3 is 0 Å². The van der Waals surface area contributed by atoms with Gasteiger partial charge in [-0.25, -0.2) is 15.0 Å². The summed E-state index contributed by atoms with van der Waals surface area (Å²) in [5.74, 6) is 2.78. The van der Waals surface area contributed by atoms with Crippen molar-refractivity contribution in [2.75, 3.05) is 19.6 Å². The summed E-state index contributed by atoms with van der Waals surface area (Å²) < 4.78 is 4.28. The average molecular weight is 503 g/mol. The van der Waals surface area contributed by atoms with Crippen molar-refractivity contribution in [3.05, 3.63) is 74.1 Å². The number of rotatable bonds is 7. The first-order valence-electron chi connectivity index (χ1n) is 13.3. The molecule has 0 radical (unpaired) electrons. The van der Waals surface area contributed by atoms with Crippen LogP contribution in [0.3, 0.4) is 0 Å². The van der Waals surface area contributed by atoms with Crippen molar-refractivity contribution in [1.29, 1.82) is 0 Å². The summed E-state index contributed by atoms with van der Waals surface area (Å²) in [6, 6.07) is 8.44. The minimum atomic E-state index is 0.200. The van der Waals surface area contributed by atoms with E-state index in [1.54, 1.807) is 11.3 Å². The number of aryl methyl sites for hydroxylation is 2. The fourth-order valence-electron chi connectivity index (χ4n) is 5.90. The number of fused-ring (bicyclic) bond motifs is 2. The Kier molecular flexibility index (Phi) is 6.71. The molecule has 0 unspecified atom stereocenters. The van der Waals surface area contributed by atoms with E-state index in [2.05, 4.69) is 44.1 Å². The van der Waals surface area contributed by atoms with Crippen molar-refractivity contribution >= 4 is 22.4 Å². The zero-order chi connectivity index (χ0) is 24.5. The van der Waals surface area contributed by atoms with Crippen molar-refractivity contribution in [3.63, 3.8) is 0 Å². The first-order chi connectivity index (χ1) is 17.7. The summed E-state index contributed by atoms with van der Waals surface area (Å²) in [5, 5.41) is 2.13. The van der Waals surface area contributed by atoms with Gasteiger partial charge in [-0.3, -0.25) is 9.36 Å².